The van der Waals surface area contributed by atoms with Crippen molar-refractivity contribution in [1.29, 1.82) is 0 Å². The first kappa shape index (κ1) is 18.1. The lowest BCUT2D eigenvalue weighted by atomic mass is 10.0. The molecule has 0 aliphatic rings. The highest BCUT2D eigenvalue weighted by Crippen LogP contribution is 2.05. The van der Waals surface area contributed by atoms with Crippen molar-refractivity contribution in [3.63, 3.8) is 0 Å². The summed E-state index contributed by atoms with van der Waals surface area (Å²) in [4.78, 5) is 34.6. The third-order valence-corrected chi connectivity index (χ3v) is 2.87. The van der Waals surface area contributed by atoms with Gasteiger partial charge in [0.1, 0.15) is 12.1 Å². The van der Waals surface area contributed by atoms with E-state index in [1.54, 1.807) is 6.08 Å². The lowest BCUT2D eigenvalue weighted by molar-refractivity contribution is -0.131. The van der Waals surface area contributed by atoms with Crippen LogP contribution in [0.3, 0.4) is 0 Å². The number of hydrogen-bond acceptors (Lipinski definition) is 3. The molecule has 0 aromatic heterocycles. The molecule has 0 aromatic carbocycles. The molecule has 0 aliphatic carbocycles. The summed E-state index contributed by atoms with van der Waals surface area (Å²) in [7, 11) is 0. The highest BCUT2D eigenvalue weighted by molar-refractivity contribution is 5.91. The number of primary amides is 1. The molecule has 114 valence electrons. The van der Waals surface area contributed by atoms with Crippen molar-refractivity contribution >= 4 is 17.7 Å². The Morgan fingerprint density at radius 2 is 1.85 bits per heavy atom. The SMILES string of the molecule is C=CCCC[C@@H](NC(=O)[C@H](NC(C)=O)C(C)C)C(N)=O. The summed E-state index contributed by atoms with van der Waals surface area (Å²) in [6.07, 6.45) is 3.66. The molecule has 0 spiro atoms. The van der Waals surface area contributed by atoms with Gasteiger partial charge < -0.3 is 16.4 Å². The Balaban J connectivity index is 4.65. The summed E-state index contributed by atoms with van der Waals surface area (Å²) >= 11 is 0. The fraction of sp³-hybridized carbons (Fsp3) is 0.643. The lowest BCUT2D eigenvalue weighted by Crippen LogP contribution is -2.54. The Bertz CT molecular complexity index is 367. The summed E-state index contributed by atoms with van der Waals surface area (Å²) in [5, 5.41) is 5.17. The Morgan fingerprint density at radius 3 is 2.25 bits per heavy atom. The Morgan fingerprint density at radius 1 is 1.25 bits per heavy atom. The smallest absolute Gasteiger partial charge is 0.243 e. The average Bonchev–Trinajstić information content (AvgIpc) is 2.33. The summed E-state index contributed by atoms with van der Waals surface area (Å²) in [6, 6.07) is -1.40. The monoisotopic (exact) mass is 283 g/mol. The van der Waals surface area contributed by atoms with Crippen LogP contribution in [0, 0.1) is 5.92 Å². The van der Waals surface area contributed by atoms with E-state index in [0.29, 0.717) is 12.8 Å². The molecule has 0 aromatic rings. The summed E-state index contributed by atoms with van der Waals surface area (Å²) < 4.78 is 0. The number of unbranched alkanes of at least 4 members (excludes halogenated alkanes) is 1. The first-order valence-electron chi connectivity index (χ1n) is 6.77. The normalized spacial score (nSPS) is 13.4. The number of carbonyl (C=O) groups excluding carboxylic acids is 3. The maximum Gasteiger partial charge on any atom is 0.243 e. The number of nitrogens with two attached hydrogens (primary N) is 1. The van der Waals surface area contributed by atoms with Gasteiger partial charge in [-0.25, -0.2) is 0 Å². The molecule has 0 radical (unpaired) electrons. The van der Waals surface area contributed by atoms with E-state index in [1.165, 1.54) is 6.92 Å². The lowest BCUT2D eigenvalue weighted by Gasteiger charge is -2.23. The number of rotatable bonds is 9. The third-order valence-electron chi connectivity index (χ3n) is 2.87. The minimum absolute atomic E-state index is 0.0828. The standard InChI is InChI=1S/C14H25N3O3/c1-5-6-7-8-11(13(15)19)17-14(20)12(9(2)3)16-10(4)18/h5,9,11-12H,1,6-8H2,2-4H3,(H2,15,19)(H,16,18)(H,17,20)/t11-,12-/m1/s1. The zero-order valence-corrected chi connectivity index (χ0v) is 12.4. The minimum atomic E-state index is -0.725. The van der Waals surface area contributed by atoms with Gasteiger partial charge in [0.25, 0.3) is 0 Å². The molecular formula is C14H25N3O3. The number of nitrogens with one attached hydrogen (secondary N) is 2. The van der Waals surface area contributed by atoms with Gasteiger partial charge in [0.05, 0.1) is 0 Å². The van der Waals surface area contributed by atoms with Gasteiger partial charge in [-0.15, -0.1) is 6.58 Å². The van der Waals surface area contributed by atoms with Crippen LogP contribution in [-0.2, 0) is 14.4 Å². The molecule has 0 rings (SSSR count). The van der Waals surface area contributed by atoms with E-state index >= 15 is 0 Å². The van der Waals surface area contributed by atoms with Crippen LogP contribution in [0.5, 0.6) is 0 Å². The van der Waals surface area contributed by atoms with Crippen molar-refractivity contribution in [2.24, 2.45) is 11.7 Å². The van der Waals surface area contributed by atoms with E-state index in [-0.39, 0.29) is 11.8 Å². The zero-order valence-electron chi connectivity index (χ0n) is 12.4. The Hall–Kier alpha value is -1.85. The molecule has 6 nitrogen and oxygen atoms in total. The molecule has 0 saturated carbocycles. The van der Waals surface area contributed by atoms with Crippen molar-refractivity contribution in [2.75, 3.05) is 0 Å². The second kappa shape index (κ2) is 9.12. The number of amides is 3. The van der Waals surface area contributed by atoms with Crippen molar-refractivity contribution in [1.82, 2.24) is 10.6 Å². The molecule has 4 N–H and O–H groups in total. The van der Waals surface area contributed by atoms with Gasteiger partial charge in [0.15, 0.2) is 0 Å². The van der Waals surface area contributed by atoms with Gasteiger partial charge in [-0.2, -0.15) is 0 Å². The molecule has 3 amide bonds. The maximum absolute atomic E-state index is 12.1. The summed E-state index contributed by atoms with van der Waals surface area (Å²) in [5.41, 5.74) is 5.28. The number of carbonyl (C=O) groups is 3. The van der Waals surface area contributed by atoms with E-state index in [1.807, 2.05) is 13.8 Å². The fourth-order valence-electron chi connectivity index (χ4n) is 1.77. The first-order valence-corrected chi connectivity index (χ1v) is 6.77. The number of hydrogen-bond donors (Lipinski definition) is 3. The van der Waals surface area contributed by atoms with Gasteiger partial charge in [-0.05, 0) is 25.2 Å². The predicted octanol–water partition coefficient (Wildman–Crippen LogP) is 0.474. The van der Waals surface area contributed by atoms with E-state index in [9.17, 15) is 14.4 Å². The van der Waals surface area contributed by atoms with Crippen molar-refractivity contribution in [3.05, 3.63) is 12.7 Å². The summed E-state index contributed by atoms with van der Waals surface area (Å²) in [6.45, 7) is 8.58. The van der Waals surface area contributed by atoms with E-state index in [2.05, 4.69) is 17.2 Å². The van der Waals surface area contributed by atoms with Gasteiger partial charge in [-0.3, -0.25) is 14.4 Å². The topological polar surface area (TPSA) is 101 Å². The molecule has 20 heavy (non-hydrogen) atoms. The second-order valence-electron chi connectivity index (χ2n) is 5.11. The Labute approximate surface area is 120 Å². The van der Waals surface area contributed by atoms with Crippen LogP contribution in [0.4, 0.5) is 0 Å². The molecule has 0 saturated heterocycles. The first-order chi connectivity index (χ1) is 9.29. The average molecular weight is 283 g/mol. The second-order valence-corrected chi connectivity index (χ2v) is 5.11. The van der Waals surface area contributed by atoms with Crippen molar-refractivity contribution in [3.8, 4) is 0 Å². The fourth-order valence-corrected chi connectivity index (χ4v) is 1.77. The molecule has 0 unspecified atom stereocenters. The van der Waals surface area contributed by atoms with Crippen LogP contribution in [0.2, 0.25) is 0 Å². The molecule has 0 aliphatic heterocycles. The highest BCUT2D eigenvalue weighted by Gasteiger charge is 2.26. The molecule has 0 fully saturated rings. The van der Waals surface area contributed by atoms with Crippen LogP contribution >= 0.6 is 0 Å². The van der Waals surface area contributed by atoms with Gasteiger partial charge in [0.2, 0.25) is 17.7 Å². The van der Waals surface area contributed by atoms with E-state index in [0.717, 1.165) is 6.42 Å². The molecule has 0 bridgehead atoms. The molecule has 2 atom stereocenters. The zero-order chi connectivity index (χ0) is 15.7. The third kappa shape index (κ3) is 6.92. The molecule has 6 heteroatoms. The van der Waals surface area contributed by atoms with Crippen LogP contribution in [0.1, 0.15) is 40.0 Å². The highest BCUT2D eigenvalue weighted by atomic mass is 16.2. The van der Waals surface area contributed by atoms with Gasteiger partial charge in [0, 0.05) is 6.92 Å². The molecular weight excluding hydrogens is 258 g/mol. The van der Waals surface area contributed by atoms with Crippen LogP contribution in [0.15, 0.2) is 12.7 Å². The van der Waals surface area contributed by atoms with E-state index in [4.69, 9.17) is 5.73 Å². The summed E-state index contributed by atoms with van der Waals surface area (Å²) in [5.74, 6) is -1.34. The van der Waals surface area contributed by atoms with Crippen molar-refractivity contribution in [2.45, 2.75) is 52.1 Å². The number of allylic oxidation sites excluding steroid dienone is 1. The van der Waals surface area contributed by atoms with E-state index < -0.39 is 23.9 Å². The van der Waals surface area contributed by atoms with Crippen molar-refractivity contribution < 1.29 is 14.4 Å². The van der Waals surface area contributed by atoms with Gasteiger partial charge in [-0.1, -0.05) is 19.9 Å². The van der Waals surface area contributed by atoms with Crippen LogP contribution in [0.25, 0.3) is 0 Å². The Kier molecular flexibility index (Phi) is 8.27. The maximum atomic E-state index is 12.1. The minimum Gasteiger partial charge on any atom is -0.368 e. The van der Waals surface area contributed by atoms with Crippen LogP contribution in [-0.4, -0.2) is 29.8 Å². The predicted molar refractivity (Wildman–Crippen MR) is 77.6 cm³/mol. The van der Waals surface area contributed by atoms with Gasteiger partial charge >= 0.3 is 0 Å². The molecule has 0 heterocycles. The largest absolute Gasteiger partial charge is 0.368 e. The quantitative estimate of drug-likeness (QED) is 0.423. The van der Waals surface area contributed by atoms with Crippen LogP contribution < -0.4 is 16.4 Å².